The fourth-order valence-electron chi connectivity index (χ4n) is 5.10. The van der Waals surface area contributed by atoms with Crippen molar-refractivity contribution in [2.24, 2.45) is 17.8 Å². The van der Waals surface area contributed by atoms with Gasteiger partial charge in [-0.25, -0.2) is 0 Å². The first-order valence-corrected chi connectivity index (χ1v) is 11.0. The van der Waals surface area contributed by atoms with E-state index in [4.69, 9.17) is 16.3 Å². The maximum Gasteiger partial charge on any atom is 0.0468 e. The van der Waals surface area contributed by atoms with Gasteiger partial charge >= 0.3 is 0 Å². The van der Waals surface area contributed by atoms with E-state index in [2.05, 4.69) is 31.2 Å². The third kappa shape index (κ3) is 5.73. The first-order valence-electron chi connectivity index (χ1n) is 10.6. The summed E-state index contributed by atoms with van der Waals surface area (Å²) in [5, 5.41) is 0.856. The highest BCUT2D eigenvalue weighted by molar-refractivity contribution is 6.30. The summed E-state index contributed by atoms with van der Waals surface area (Å²) in [7, 11) is 0. The number of rotatable bonds is 7. The molecule has 1 nitrogen and oxygen atoms in total. The number of hydrogen-bond acceptors (Lipinski definition) is 1. The van der Waals surface area contributed by atoms with Crippen LogP contribution in [0.1, 0.15) is 82.6 Å². The molecule has 0 saturated heterocycles. The molecule has 0 heterocycles. The molecule has 2 aliphatic carbocycles. The second-order valence-electron chi connectivity index (χ2n) is 8.35. The average molecular weight is 363 g/mol. The minimum atomic E-state index is 0.764. The zero-order valence-electron chi connectivity index (χ0n) is 15.9. The SMILES string of the molecule is CCCOCC[C@H]1CC[C@H]([C@H]2CC[C@H](c3ccc(Cl)cc3)CC2)CC1. The number of ether oxygens (including phenoxy) is 1. The van der Waals surface area contributed by atoms with Crippen molar-refractivity contribution in [3.63, 3.8) is 0 Å². The van der Waals surface area contributed by atoms with Crippen LogP contribution in [0, 0.1) is 17.8 Å². The molecule has 0 atom stereocenters. The van der Waals surface area contributed by atoms with Crippen LogP contribution in [0.4, 0.5) is 0 Å². The van der Waals surface area contributed by atoms with Gasteiger partial charge in [-0.05, 0) is 92.7 Å². The van der Waals surface area contributed by atoms with E-state index in [-0.39, 0.29) is 0 Å². The van der Waals surface area contributed by atoms with Crippen LogP contribution in [-0.2, 0) is 4.74 Å². The van der Waals surface area contributed by atoms with Crippen LogP contribution < -0.4 is 0 Å². The highest BCUT2D eigenvalue weighted by Crippen LogP contribution is 2.44. The Hall–Kier alpha value is -0.530. The Bertz CT molecular complexity index is 481. The molecule has 0 amide bonds. The number of hydrogen-bond donors (Lipinski definition) is 0. The lowest BCUT2D eigenvalue weighted by Crippen LogP contribution is -2.25. The van der Waals surface area contributed by atoms with Crippen molar-refractivity contribution in [3.05, 3.63) is 34.9 Å². The Morgan fingerprint density at radius 2 is 1.44 bits per heavy atom. The summed E-state index contributed by atoms with van der Waals surface area (Å²) in [6, 6.07) is 8.57. The second kappa shape index (κ2) is 9.97. The predicted octanol–water partition coefficient (Wildman–Crippen LogP) is 7.24. The lowest BCUT2D eigenvalue weighted by Gasteiger charge is -2.38. The molecule has 2 fully saturated rings. The topological polar surface area (TPSA) is 9.23 Å². The minimum absolute atomic E-state index is 0.764. The third-order valence-corrected chi connectivity index (χ3v) is 6.94. The predicted molar refractivity (Wildman–Crippen MR) is 107 cm³/mol. The molecule has 0 aliphatic heterocycles. The first kappa shape index (κ1) is 19.2. The molecular formula is C23H35ClO. The highest BCUT2D eigenvalue weighted by atomic mass is 35.5. The molecule has 0 radical (unpaired) electrons. The highest BCUT2D eigenvalue weighted by Gasteiger charge is 2.31. The van der Waals surface area contributed by atoms with Crippen molar-refractivity contribution in [1.29, 1.82) is 0 Å². The summed E-state index contributed by atoms with van der Waals surface area (Å²) in [5.74, 6) is 3.68. The van der Waals surface area contributed by atoms with Crippen LogP contribution in [0.15, 0.2) is 24.3 Å². The van der Waals surface area contributed by atoms with Crippen LogP contribution >= 0.6 is 11.6 Å². The molecule has 0 unspecified atom stereocenters. The second-order valence-corrected chi connectivity index (χ2v) is 8.78. The van der Waals surface area contributed by atoms with Gasteiger partial charge in [0.15, 0.2) is 0 Å². The monoisotopic (exact) mass is 362 g/mol. The summed E-state index contributed by atoms with van der Waals surface area (Å²) in [4.78, 5) is 0. The van der Waals surface area contributed by atoms with Gasteiger partial charge in [0.1, 0.15) is 0 Å². The molecule has 1 aromatic rings. The van der Waals surface area contributed by atoms with Crippen molar-refractivity contribution in [1.82, 2.24) is 0 Å². The molecule has 2 saturated carbocycles. The molecular weight excluding hydrogens is 328 g/mol. The van der Waals surface area contributed by atoms with E-state index in [0.29, 0.717) is 0 Å². The van der Waals surface area contributed by atoms with E-state index in [1.807, 2.05) is 0 Å². The molecule has 0 N–H and O–H groups in total. The minimum Gasteiger partial charge on any atom is -0.381 e. The molecule has 2 heteroatoms. The van der Waals surface area contributed by atoms with E-state index in [1.54, 1.807) is 0 Å². The molecule has 25 heavy (non-hydrogen) atoms. The van der Waals surface area contributed by atoms with Crippen LogP contribution in [-0.4, -0.2) is 13.2 Å². The fourth-order valence-corrected chi connectivity index (χ4v) is 5.23. The first-order chi connectivity index (χ1) is 12.3. The average Bonchev–Trinajstić information content (AvgIpc) is 2.67. The summed E-state index contributed by atoms with van der Waals surface area (Å²) in [6.45, 7) is 4.11. The normalized spacial score (nSPS) is 30.3. The van der Waals surface area contributed by atoms with E-state index in [9.17, 15) is 0 Å². The van der Waals surface area contributed by atoms with Gasteiger partial charge in [0.25, 0.3) is 0 Å². The van der Waals surface area contributed by atoms with E-state index >= 15 is 0 Å². The van der Waals surface area contributed by atoms with Gasteiger partial charge in [0, 0.05) is 18.2 Å². The van der Waals surface area contributed by atoms with Gasteiger partial charge in [0.2, 0.25) is 0 Å². The van der Waals surface area contributed by atoms with Crippen molar-refractivity contribution in [2.45, 2.75) is 77.0 Å². The molecule has 0 bridgehead atoms. The van der Waals surface area contributed by atoms with Crippen LogP contribution in [0.2, 0.25) is 5.02 Å². The Morgan fingerprint density at radius 3 is 2.04 bits per heavy atom. The smallest absolute Gasteiger partial charge is 0.0468 e. The van der Waals surface area contributed by atoms with Gasteiger partial charge in [-0.2, -0.15) is 0 Å². The van der Waals surface area contributed by atoms with Crippen molar-refractivity contribution < 1.29 is 4.74 Å². The summed E-state index contributed by atoms with van der Waals surface area (Å²) in [6.07, 6.45) is 13.9. The zero-order chi connectivity index (χ0) is 17.5. The van der Waals surface area contributed by atoms with Crippen LogP contribution in [0.3, 0.4) is 0 Å². The Kier molecular flexibility index (Phi) is 7.67. The fraction of sp³-hybridized carbons (Fsp3) is 0.739. The third-order valence-electron chi connectivity index (χ3n) is 6.69. The zero-order valence-corrected chi connectivity index (χ0v) is 16.6. The largest absolute Gasteiger partial charge is 0.381 e. The maximum atomic E-state index is 6.03. The van der Waals surface area contributed by atoms with Gasteiger partial charge < -0.3 is 4.74 Å². The number of halogens is 1. The Labute approximate surface area is 159 Å². The molecule has 1 aromatic carbocycles. The van der Waals surface area contributed by atoms with E-state index < -0.39 is 0 Å². The summed E-state index contributed by atoms with van der Waals surface area (Å²) >= 11 is 6.03. The van der Waals surface area contributed by atoms with E-state index in [1.165, 1.54) is 63.4 Å². The quantitative estimate of drug-likeness (QED) is 0.464. The summed E-state index contributed by atoms with van der Waals surface area (Å²) < 4.78 is 5.68. The molecule has 0 aromatic heterocycles. The molecule has 2 aliphatic rings. The molecule has 3 rings (SSSR count). The van der Waals surface area contributed by atoms with Crippen molar-refractivity contribution >= 4 is 11.6 Å². The van der Waals surface area contributed by atoms with Gasteiger partial charge in [-0.1, -0.05) is 43.5 Å². The Morgan fingerprint density at radius 1 is 0.840 bits per heavy atom. The van der Waals surface area contributed by atoms with Crippen LogP contribution in [0.25, 0.3) is 0 Å². The standard InChI is InChI=1S/C23H35ClO/c1-2-16-25-17-15-18-3-5-19(6-4-18)20-7-9-21(10-8-20)22-11-13-23(24)14-12-22/h11-14,18-21H,2-10,15-17H2,1H3/t18-,19-,20-,21-. The van der Waals surface area contributed by atoms with Crippen LogP contribution in [0.5, 0.6) is 0 Å². The van der Waals surface area contributed by atoms with Gasteiger partial charge in [-0.15, -0.1) is 0 Å². The molecule has 0 spiro atoms. The van der Waals surface area contributed by atoms with E-state index in [0.717, 1.165) is 48.3 Å². The summed E-state index contributed by atoms with van der Waals surface area (Å²) in [5.41, 5.74) is 1.50. The molecule has 140 valence electrons. The van der Waals surface area contributed by atoms with Crippen molar-refractivity contribution in [2.75, 3.05) is 13.2 Å². The lowest BCUT2D eigenvalue weighted by molar-refractivity contribution is 0.100. The van der Waals surface area contributed by atoms with Gasteiger partial charge in [-0.3, -0.25) is 0 Å². The Balaban J connectivity index is 1.37. The van der Waals surface area contributed by atoms with Gasteiger partial charge in [0.05, 0.1) is 0 Å². The maximum absolute atomic E-state index is 6.03. The lowest BCUT2D eigenvalue weighted by atomic mass is 9.68. The number of benzene rings is 1. The van der Waals surface area contributed by atoms with Crippen molar-refractivity contribution in [3.8, 4) is 0 Å².